The lowest BCUT2D eigenvalue weighted by Gasteiger charge is -2.15. The second-order valence-corrected chi connectivity index (χ2v) is 7.58. The van der Waals surface area contributed by atoms with Gasteiger partial charge in [0.15, 0.2) is 5.82 Å². The number of amides is 1. The number of carbonyl (C=O) groups excluding carboxylic acids is 1. The van der Waals surface area contributed by atoms with Crippen LogP contribution in [0, 0.1) is 0 Å². The minimum absolute atomic E-state index is 0.0987. The number of hydrogen-bond acceptors (Lipinski definition) is 6. The molecule has 3 aromatic rings. The fraction of sp³-hybridized carbons (Fsp3) is 0.111. The van der Waals surface area contributed by atoms with Crippen molar-refractivity contribution in [1.29, 1.82) is 0 Å². The standard InChI is InChI=1S/C18H17N4O5P/c1-11(12-5-7-13(8-6-12)28(25,26)27)21-17(23)14-10-20-16(22-18(14)24)15-4-2-3-9-19-15/h2-11H,1H3,(H,21,23)(H,20,22,24)(H2,25,26,27). The highest BCUT2D eigenvalue weighted by molar-refractivity contribution is 7.60. The van der Waals surface area contributed by atoms with Gasteiger partial charge in [0.1, 0.15) is 11.3 Å². The third-order valence-corrected chi connectivity index (χ3v) is 4.96. The lowest BCUT2D eigenvalue weighted by atomic mass is 10.1. The topological polar surface area (TPSA) is 146 Å². The Kier molecular flexibility index (Phi) is 5.51. The van der Waals surface area contributed by atoms with E-state index in [9.17, 15) is 14.5 Å². The molecule has 0 saturated carbocycles. The minimum atomic E-state index is -4.32. The quantitative estimate of drug-likeness (QED) is 0.472. The van der Waals surface area contributed by atoms with Gasteiger partial charge in [-0.25, -0.2) is 4.98 Å². The summed E-state index contributed by atoms with van der Waals surface area (Å²) in [6, 6.07) is 10.3. The van der Waals surface area contributed by atoms with Crippen LogP contribution in [-0.4, -0.2) is 35.8 Å². The Labute approximate surface area is 160 Å². The Morgan fingerprint density at radius 3 is 2.39 bits per heavy atom. The van der Waals surface area contributed by atoms with Crippen LogP contribution in [0.5, 0.6) is 5.88 Å². The van der Waals surface area contributed by atoms with Crippen molar-refractivity contribution in [2.45, 2.75) is 13.0 Å². The predicted octanol–water partition coefficient (Wildman–Crippen LogP) is 1.54. The molecule has 4 N–H and O–H groups in total. The van der Waals surface area contributed by atoms with Crippen LogP contribution in [0.4, 0.5) is 0 Å². The number of aromatic nitrogens is 3. The van der Waals surface area contributed by atoms with Gasteiger partial charge in [-0.2, -0.15) is 4.98 Å². The van der Waals surface area contributed by atoms with Crippen molar-refractivity contribution >= 4 is 18.8 Å². The van der Waals surface area contributed by atoms with Crippen molar-refractivity contribution in [2.24, 2.45) is 0 Å². The first-order valence-corrected chi connectivity index (χ1v) is 9.81. The molecule has 0 saturated heterocycles. The molecular formula is C18H17N4O5P. The molecule has 0 bridgehead atoms. The lowest BCUT2D eigenvalue weighted by Crippen LogP contribution is -2.27. The van der Waals surface area contributed by atoms with Gasteiger partial charge in [0.25, 0.3) is 5.91 Å². The monoisotopic (exact) mass is 400 g/mol. The molecule has 9 nitrogen and oxygen atoms in total. The minimum Gasteiger partial charge on any atom is -0.493 e. The maximum atomic E-state index is 12.4. The van der Waals surface area contributed by atoms with Crippen molar-refractivity contribution in [1.82, 2.24) is 20.3 Å². The zero-order valence-electron chi connectivity index (χ0n) is 14.7. The van der Waals surface area contributed by atoms with E-state index in [1.165, 1.54) is 30.5 Å². The highest BCUT2D eigenvalue weighted by Gasteiger charge is 2.20. The fourth-order valence-electron chi connectivity index (χ4n) is 2.47. The molecule has 0 aliphatic rings. The molecule has 1 amide bonds. The molecule has 3 rings (SSSR count). The van der Waals surface area contributed by atoms with Crippen molar-refractivity contribution < 1.29 is 24.3 Å². The largest absolute Gasteiger partial charge is 0.493 e. The molecule has 10 heteroatoms. The third-order valence-electron chi connectivity index (χ3n) is 3.98. The maximum Gasteiger partial charge on any atom is 0.356 e. The van der Waals surface area contributed by atoms with Crippen molar-refractivity contribution in [3.8, 4) is 17.4 Å². The molecule has 0 radical (unpaired) electrons. The first-order chi connectivity index (χ1) is 13.3. The van der Waals surface area contributed by atoms with Gasteiger partial charge in [-0.05, 0) is 36.8 Å². The van der Waals surface area contributed by atoms with Crippen LogP contribution in [0.25, 0.3) is 11.5 Å². The summed E-state index contributed by atoms with van der Waals surface area (Å²) in [5, 5.41) is 12.7. The molecule has 0 spiro atoms. The van der Waals surface area contributed by atoms with Gasteiger partial charge in [0, 0.05) is 12.4 Å². The van der Waals surface area contributed by atoms with Crippen molar-refractivity contribution in [2.75, 3.05) is 0 Å². The van der Waals surface area contributed by atoms with E-state index in [4.69, 9.17) is 9.79 Å². The molecule has 0 aliphatic heterocycles. The van der Waals surface area contributed by atoms with Crippen molar-refractivity contribution in [3.05, 3.63) is 66.0 Å². The summed E-state index contributed by atoms with van der Waals surface area (Å²) in [6.07, 6.45) is 2.78. The summed E-state index contributed by atoms with van der Waals surface area (Å²) in [6.45, 7) is 1.70. The first kappa shape index (κ1) is 19.6. The maximum absolute atomic E-state index is 12.4. The number of carbonyl (C=O) groups is 1. The molecular weight excluding hydrogens is 383 g/mol. The molecule has 144 valence electrons. The number of aromatic hydroxyl groups is 1. The van der Waals surface area contributed by atoms with E-state index in [2.05, 4.69) is 20.3 Å². The van der Waals surface area contributed by atoms with E-state index >= 15 is 0 Å². The normalized spacial score (nSPS) is 12.4. The zero-order valence-corrected chi connectivity index (χ0v) is 15.6. The van der Waals surface area contributed by atoms with Gasteiger partial charge in [0.05, 0.1) is 11.3 Å². The lowest BCUT2D eigenvalue weighted by molar-refractivity contribution is 0.0936. The van der Waals surface area contributed by atoms with Crippen LogP contribution in [0.15, 0.2) is 54.9 Å². The third kappa shape index (κ3) is 4.40. The number of benzene rings is 1. The van der Waals surface area contributed by atoms with E-state index in [0.717, 1.165) is 0 Å². The van der Waals surface area contributed by atoms with Gasteiger partial charge in [0.2, 0.25) is 5.88 Å². The van der Waals surface area contributed by atoms with E-state index in [-0.39, 0.29) is 16.7 Å². The second kappa shape index (κ2) is 7.85. The molecule has 1 unspecified atom stereocenters. The van der Waals surface area contributed by atoms with Crippen LogP contribution in [-0.2, 0) is 4.57 Å². The average molecular weight is 400 g/mol. The molecule has 0 fully saturated rings. The van der Waals surface area contributed by atoms with Crippen LogP contribution in [0.3, 0.4) is 0 Å². The summed E-state index contributed by atoms with van der Waals surface area (Å²) in [4.78, 5) is 42.8. The van der Waals surface area contributed by atoms with Gasteiger partial charge in [-0.3, -0.25) is 14.3 Å². The number of nitrogens with zero attached hydrogens (tertiary/aromatic N) is 3. The SMILES string of the molecule is CC(NC(=O)c1cnc(-c2ccccn2)nc1O)c1ccc(P(=O)(O)O)cc1. The van der Waals surface area contributed by atoms with Gasteiger partial charge in [-0.1, -0.05) is 18.2 Å². The molecule has 1 aromatic carbocycles. The Morgan fingerprint density at radius 2 is 1.82 bits per heavy atom. The van der Waals surface area contributed by atoms with Gasteiger partial charge < -0.3 is 20.2 Å². The molecule has 2 heterocycles. The van der Waals surface area contributed by atoms with Crippen LogP contribution in [0.2, 0.25) is 0 Å². The number of pyridine rings is 1. The van der Waals surface area contributed by atoms with Gasteiger partial charge >= 0.3 is 7.60 Å². The van der Waals surface area contributed by atoms with E-state index < -0.39 is 25.4 Å². The number of rotatable bonds is 5. The molecule has 28 heavy (non-hydrogen) atoms. The van der Waals surface area contributed by atoms with Gasteiger partial charge in [-0.15, -0.1) is 0 Å². The average Bonchev–Trinajstić information content (AvgIpc) is 2.68. The summed E-state index contributed by atoms with van der Waals surface area (Å²) < 4.78 is 11.2. The second-order valence-electron chi connectivity index (χ2n) is 5.98. The van der Waals surface area contributed by atoms with E-state index in [1.807, 2.05) is 0 Å². The van der Waals surface area contributed by atoms with E-state index in [1.54, 1.807) is 31.3 Å². The Bertz CT molecular complexity index is 1040. The summed E-state index contributed by atoms with van der Waals surface area (Å²) in [5.41, 5.74) is 0.998. The zero-order chi connectivity index (χ0) is 20.3. The molecule has 1 atom stereocenters. The first-order valence-electron chi connectivity index (χ1n) is 8.20. The Morgan fingerprint density at radius 1 is 1.11 bits per heavy atom. The van der Waals surface area contributed by atoms with E-state index in [0.29, 0.717) is 11.3 Å². The smallest absolute Gasteiger partial charge is 0.356 e. The Hall–Kier alpha value is -3.13. The van der Waals surface area contributed by atoms with Crippen molar-refractivity contribution in [3.63, 3.8) is 0 Å². The molecule has 0 aliphatic carbocycles. The highest BCUT2D eigenvalue weighted by atomic mass is 31.2. The highest BCUT2D eigenvalue weighted by Crippen LogP contribution is 2.33. The molecule has 2 aromatic heterocycles. The predicted molar refractivity (Wildman–Crippen MR) is 101 cm³/mol. The fourth-order valence-corrected chi connectivity index (χ4v) is 3.00. The van der Waals surface area contributed by atoms with Crippen LogP contribution >= 0.6 is 7.60 Å². The Balaban J connectivity index is 1.74. The van der Waals surface area contributed by atoms with Crippen LogP contribution in [0.1, 0.15) is 28.9 Å². The van der Waals surface area contributed by atoms with Crippen LogP contribution < -0.4 is 10.6 Å². The number of nitrogens with one attached hydrogen (secondary N) is 1. The summed E-state index contributed by atoms with van der Waals surface area (Å²) in [5.74, 6) is -0.871. The summed E-state index contributed by atoms with van der Waals surface area (Å²) in [7, 11) is -4.32. The number of hydrogen-bond donors (Lipinski definition) is 4. The summed E-state index contributed by atoms with van der Waals surface area (Å²) >= 11 is 0.